The van der Waals surface area contributed by atoms with Crippen molar-refractivity contribution in [1.29, 1.82) is 0 Å². The highest BCUT2D eigenvalue weighted by Crippen LogP contribution is 2.38. The van der Waals surface area contributed by atoms with Gasteiger partial charge in [0, 0.05) is 42.7 Å². The van der Waals surface area contributed by atoms with E-state index in [-0.39, 0.29) is 11.7 Å². The van der Waals surface area contributed by atoms with Crippen molar-refractivity contribution in [2.75, 3.05) is 18.0 Å². The van der Waals surface area contributed by atoms with Crippen molar-refractivity contribution in [1.82, 2.24) is 19.7 Å². The summed E-state index contributed by atoms with van der Waals surface area (Å²) >= 11 is 0. The lowest BCUT2D eigenvalue weighted by atomic mass is 9.88. The van der Waals surface area contributed by atoms with E-state index >= 15 is 0 Å². The Morgan fingerprint density at radius 3 is 2.70 bits per heavy atom. The van der Waals surface area contributed by atoms with Gasteiger partial charge in [0.15, 0.2) is 11.5 Å². The zero-order chi connectivity index (χ0) is 22.8. The summed E-state index contributed by atoms with van der Waals surface area (Å²) in [5.41, 5.74) is 6.20. The maximum absolute atomic E-state index is 13.7. The minimum atomic E-state index is -0.242. The summed E-state index contributed by atoms with van der Waals surface area (Å²) in [6.07, 6.45) is 15.6. The third-order valence-electron chi connectivity index (χ3n) is 6.65. The van der Waals surface area contributed by atoms with E-state index in [9.17, 15) is 4.39 Å². The molecule has 33 heavy (non-hydrogen) atoms. The van der Waals surface area contributed by atoms with Gasteiger partial charge in [-0.3, -0.25) is 4.40 Å². The van der Waals surface area contributed by atoms with E-state index in [1.165, 1.54) is 37.0 Å². The Bertz CT molecular complexity index is 1220. The lowest BCUT2D eigenvalue weighted by Gasteiger charge is -2.28. The zero-order valence-electron chi connectivity index (χ0n) is 19.1. The highest BCUT2D eigenvalue weighted by Gasteiger charge is 2.26. The predicted molar refractivity (Wildman–Crippen MR) is 132 cm³/mol. The average Bonchev–Trinajstić information content (AvgIpc) is 3.25. The number of halogens is 1. The van der Waals surface area contributed by atoms with Gasteiger partial charge in [-0.2, -0.15) is 0 Å². The molecule has 5 nitrogen and oxygen atoms in total. The van der Waals surface area contributed by atoms with Crippen LogP contribution in [0.4, 0.5) is 10.2 Å². The fraction of sp³-hybridized carbons (Fsp3) is 0.333. The number of nitrogens with zero attached hydrogens (tertiary/aromatic N) is 4. The Morgan fingerprint density at radius 2 is 1.97 bits per heavy atom. The number of hydrogen-bond acceptors (Lipinski definition) is 4. The average molecular weight is 444 g/mol. The summed E-state index contributed by atoms with van der Waals surface area (Å²) in [5, 5.41) is 3.27. The fourth-order valence-corrected chi connectivity index (χ4v) is 5.02. The molecule has 1 fully saturated rings. The Kier molecular flexibility index (Phi) is 5.99. The molecule has 2 aromatic heterocycles. The van der Waals surface area contributed by atoms with Crippen molar-refractivity contribution in [2.24, 2.45) is 0 Å². The van der Waals surface area contributed by atoms with Crippen LogP contribution in [0.2, 0.25) is 0 Å². The molecule has 3 heterocycles. The molecule has 0 radical (unpaired) electrons. The maximum atomic E-state index is 13.7. The lowest BCUT2D eigenvalue weighted by Crippen LogP contribution is -2.30. The van der Waals surface area contributed by atoms with Crippen LogP contribution in [0, 0.1) is 5.82 Å². The molecule has 3 aromatic rings. The largest absolute Gasteiger partial charge is 0.362 e. The number of nitrogens with one attached hydrogen (secondary N) is 1. The summed E-state index contributed by atoms with van der Waals surface area (Å²) in [6.45, 7) is 7.99. The van der Waals surface area contributed by atoms with Gasteiger partial charge in [0.2, 0.25) is 0 Å². The van der Waals surface area contributed by atoms with Crippen LogP contribution in [0.25, 0.3) is 16.9 Å². The second-order valence-corrected chi connectivity index (χ2v) is 8.70. The molecule has 1 atom stereocenters. The predicted octanol–water partition coefficient (Wildman–Crippen LogP) is 5.97. The number of aromatic nitrogens is 3. The first-order valence-electron chi connectivity index (χ1n) is 11.9. The Balaban J connectivity index is 1.68. The summed E-state index contributed by atoms with van der Waals surface area (Å²) in [6, 6.07) is 6.66. The molecule has 0 saturated carbocycles. The molecule has 1 saturated heterocycles. The van der Waals surface area contributed by atoms with Crippen LogP contribution < -0.4 is 10.2 Å². The lowest BCUT2D eigenvalue weighted by molar-refractivity contribution is 0.573. The number of rotatable bonds is 6. The third kappa shape index (κ3) is 4.06. The van der Waals surface area contributed by atoms with E-state index in [0.29, 0.717) is 0 Å². The first kappa shape index (κ1) is 21.4. The van der Waals surface area contributed by atoms with Crippen molar-refractivity contribution >= 4 is 11.5 Å². The van der Waals surface area contributed by atoms with Gasteiger partial charge in [0.1, 0.15) is 5.82 Å². The van der Waals surface area contributed by atoms with Crippen LogP contribution in [0.1, 0.15) is 50.6 Å². The maximum Gasteiger partial charge on any atom is 0.181 e. The summed E-state index contributed by atoms with van der Waals surface area (Å²) < 4.78 is 15.9. The number of allylic oxidation sites excluding steroid dienone is 3. The van der Waals surface area contributed by atoms with Gasteiger partial charge in [-0.05, 0) is 68.1 Å². The molecule has 1 unspecified atom stereocenters. The Labute approximate surface area is 194 Å². The van der Waals surface area contributed by atoms with Crippen LogP contribution >= 0.6 is 0 Å². The van der Waals surface area contributed by atoms with Crippen molar-refractivity contribution in [3.63, 3.8) is 0 Å². The van der Waals surface area contributed by atoms with Crippen LogP contribution in [0.3, 0.4) is 0 Å². The molecule has 1 aliphatic heterocycles. The summed E-state index contributed by atoms with van der Waals surface area (Å²) in [4.78, 5) is 12.2. The van der Waals surface area contributed by atoms with Gasteiger partial charge in [0.25, 0.3) is 0 Å². The van der Waals surface area contributed by atoms with Crippen LogP contribution in [-0.2, 0) is 0 Å². The van der Waals surface area contributed by atoms with Gasteiger partial charge >= 0.3 is 0 Å². The molecular formula is C27H30FN5. The van der Waals surface area contributed by atoms with Gasteiger partial charge in [-0.15, -0.1) is 0 Å². The van der Waals surface area contributed by atoms with Crippen molar-refractivity contribution in [2.45, 2.75) is 44.9 Å². The van der Waals surface area contributed by atoms with Crippen LogP contribution in [0.15, 0.2) is 72.9 Å². The number of imidazole rings is 1. The quantitative estimate of drug-likeness (QED) is 0.510. The number of benzene rings is 1. The molecule has 0 bridgehead atoms. The van der Waals surface area contributed by atoms with E-state index in [1.807, 2.05) is 24.5 Å². The molecule has 5 rings (SSSR count). The van der Waals surface area contributed by atoms with Crippen molar-refractivity contribution in [3.05, 3.63) is 84.4 Å². The SMILES string of the molecule is C=CNC1=CCC(c2c(-c3ccc(F)cc3)nc3c(N4CCCCC4)nccn23)C=C1CC. The summed E-state index contributed by atoms with van der Waals surface area (Å²) in [5.74, 6) is 0.850. The van der Waals surface area contributed by atoms with Gasteiger partial charge in [0.05, 0.1) is 11.4 Å². The highest BCUT2D eigenvalue weighted by atomic mass is 19.1. The second-order valence-electron chi connectivity index (χ2n) is 8.70. The minimum Gasteiger partial charge on any atom is -0.362 e. The monoisotopic (exact) mass is 443 g/mol. The number of fused-ring (bicyclic) bond motifs is 1. The molecule has 0 spiro atoms. The molecule has 1 aromatic carbocycles. The van der Waals surface area contributed by atoms with E-state index < -0.39 is 0 Å². The fourth-order valence-electron chi connectivity index (χ4n) is 5.02. The molecule has 170 valence electrons. The van der Waals surface area contributed by atoms with Crippen molar-refractivity contribution in [3.8, 4) is 11.3 Å². The third-order valence-corrected chi connectivity index (χ3v) is 6.65. The normalized spacial score (nSPS) is 18.7. The van der Waals surface area contributed by atoms with Gasteiger partial charge in [-0.25, -0.2) is 14.4 Å². The molecule has 6 heteroatoms. The first-order chi connectivity index (χ1) is 16.2. The topological polar surface area (TPSA) is 45.5 Å². The highest BCUT2D eigenvalue weighted by molar-refractivity contribution is 5.74. The molecule has 0 amide bonds. The Morgan fingerprint density at radius 1 is 1.18 bits per heavy atom. The van der Waals surface area contributed by atoms with E-state index in [0.717, 1.165) is 60.0 Å². The number of piperidine rings is 1. The van der Waals surface area contributed by atoms with Gasteiger partial charge < -0.3 is 10.2 Å². The standard InChI is InChI=1S/C27H30FN5/c1-3-19-18-21(10-13-23(19)29-4-2)25-24(20-8-11-22(28)12-9-20)31-27-26(30-14-17-33(25)27)32-15-6-5-7-16-32/h4,8-9,11-14,17-18,21,29H,2-3,5-7,10,15-16H2,1H3. The van der Waals surface area contributed by atoms with Gasteiger partial charge in [-0.1, -0.05) is 25.7 Å². The molecular weight excluding hydrogens is 413 g/mol. The molecule has 1 N–H and O–H groups in total. The molecule has 1 aliphatic carbocycles. The van der Waals surface area contributed by atoms with E-state index in [4.69, 9.17) is 9.97 Å². The summed E-state index contributed by atoms with van der Waals surface area (Å²) in [7, 11) is 0. The van der Waals surface area contributed by atoms with Crippen LogP contribution in [-0.4, -0.2) is 27.5 Å². The van der Waals surface area contributed by atoms with Crippen molar-refractivity contribution < 1.29 is 4.39 Å². The number of anilines is 1. The molecule has 2 aliphatic rings. The first-order valence-corrected chi connectivity index (χ1v) is 11.9. The zero-order valence-corrected chi connectivity index (χ0v) is 19.1. The van der Waals surface area contributed by atoms with E-state index in [1.54, 1.807) is 6.20 Å². The smallest absolute Gasteiger partial charge is 0.181 e. The Hall–Kier alpha value is -3.41. The second kappa shape index (κ2) is 9.22. The number of hydrogen-bond donors (Lipinski definition) is 1. The minimum absolute atomic E-state index is 0.155. The van der Waals surface area contributed by atoms with Crippen LogP contribution in [0.5, 0.6) is 0 Å². The van der Waals surface area contributed by atoms with E-state index in [2.05, 4.69) is 40.3 Å².